The van der Waals surface area contributed by atoms with Gasteiger partial charge in [0.1, 0.15) is 5.75 Å². The molecule has 0 aromatic heterocycles. The van der Waals surface area contributed by atoms with Crippen LogP contribution in [0.4, 0.5) is 11.4 Å². The van der Waals surface area contributed by atoms with Crippen molar-refractivity contribution in [3.8, 4) is 5.75 Å². The van der Waals surface area contributed by atoms with Crippen molar-refractivity contribution in [1.29, 1.82) is 0 Å². The first-order valence-electron chi connectivity index (χ1n) is 7.79. The van der Waals surface area contributed by atoms with Crippen molar-refractivity contribution in [2.45, 2.75) is 20.0 Å². The van der Waals surface area contributed by atoms with Crippen LogP contribution in [0.15, 0.2) is 46.9 Å². The van der Waals surface area contributed by atoms with Gasteiger partial charge in [0.15, 0.2) is 6.10 Å². The van der Waals surface area contributed by atoms with Gasteiger partial charge in [-0.15, -0.1) is 0 Å². The van der Waals surface area contributed by atoms with Crippen LogP contribution in [0.25, 0.3) is 6.08 Å². The molecule has 0 radical (unpaired) electrons. The molecule has 0 saturated carbocycles. The van der Waals surface area contributed by atoms with Crippen molar-refractivity contribution in [3.63, 3.8) is 0 Å². The van der Waals surface area contributed by atoms with Crippen LogP contribution < -0.4 is 15.4 Å². The van der Waals surface area contributed by atoms with E-state index in [1.54, 1.807) is 31.2 Å². The number of hydrogen-bond acceptors (Lipinski definition) is 3. The van der Waals surface area contributed by atoms with Crippen LogP contribution in [0, 0.1) is 6.92 Å². The molecule has 1 heterocycles. The van der Waals surface area contributed by atoms with Gasteiger partial charge in [0, 0.05) is 16.2 Å². The third-order valence-corrected chi connectivity index (χ3v) is 4.43. The summed E-state index contributed by atoms with van der Waals surface area (Å²) in [6, 6.07) is 11.0. The van der Waals surface area contributed by atoms with Gasteiger partial charge in [-0.1, -0.05) is 28.1 Å². The minimum Gasteiger partial charge on any atom is -0.479 e. The number of amides is 2. The lowest BCUT2D eigenvalue weighted by atomic mass is 10.1. The van der Waals surface area contributed by atoms with E-state index >= 15 is 0 Å². The predicted molar refractivity (Wildman–Crippen MR) is 102 cm³/mol. The SMILES string of the molecule is Cc1ccc(/C=C/C(=O)Nc2ccc3c(c2)NC(=O)[C@H](C)O3)c(Br)c1. The molecule has 0 bridgehead atoms. The van der Waals surface area contributed by atoms with E-state index in [1.165, 1.54) is 6.08 Å². The van der Waals surface area contributed by atoms with E-state index in [-0.39, 0.29) is 11.8 Å². The smallest absolute Gasteiger partial charge is 0.265 e. The molecule has 3 rings (SSSR count). The molecule has 5 nitrogen and oxygen atoms in total. The molecule has 0 saturated heterocycles. The Labute approximate surface area is 154 Å². The molecule has 0 fully saturated rings. The lowest BCUT2D eigenvalue weighted by Crippen LogP contribution is -2.34. The summed E-state index contributed by atoms with van der Waals surface area (Å²) >= 11 is 3.48. The van der Waals surface area contributed by atoms with Crippen LogP contribution in [-0.4, -0.2) is 17.9 Å². The van der Waals surface area contributed by atoms with Crippen LogP contribution in [-0.2, 0) is 9.59 Å². The van der Waals surface area contributed by atoms with E-state index in [0.29, 0.717) is 17.1 Å². The summed E-state index contributed by atoms with van der Waals surface area (Å²) in [6.45, 7) is 3.69. The number of hydrogen-bond donors (Lipinski definition) is 2. The van der Waals surface area contributed by atoms with Crippen molar-refractivity contribution < 1.29 is 14.3 Å². The average molecular weight is 401 g/mol. The summed E-state index contributed by atoms with van der Waals surface area (Å²) in [5, 5.41) is 5.53. The molecule has 25 heavy (non-hydrogen) atoms. The predicted octanol–water partition coefficient (Wildman–Crippen LogP) is 4.13. The summed E-state index contributed by atoms with van der Waals surface area (Å²) < 4.78 is 6.42. The molecule has 0 spiro atoms. The highest BCUT2D eigenvalue weighted by molar-refractivity contribution is 9.10. The highest BCUT2D eigenvalue weighted by Crippen LogP contribution is 2.32. The number of carbonyl (C=O) groups is 2. The van der Waals surface area contributed by atoms with Gasteiger partial charge in [-0.2, -0.15) is 0 Å². The van der Waals surface area contributed by atoms with E-state index in [0.717, 1.165) is 15.6 Å². The summed E-state index contributed by atoms with van der Waals surface area (Å²) in [6.07, 6.45) is 2.68. The largest absolute Gasteiger partial charge is 0.479 e. The minimum atomic E-state index is -0.524. The second kappa shape index (κ2) is 7.11. The summed E-state index contributed by atoms with van der Waals surface area (Å²) in [7, 11) is 0. The summed E-state index contributed by atoms with van der Waals surface area (Å²) in [4.78, 5) is 23.8. The van der Waals surface area contributed by atoms with E-state index in [2.05, 4.69) is 26.6 Å². The number of anilines is 2. The second-order valence-electron chi connectivity index (χ2n) is 5.81. The van der Waals surface area contributed by atoms with Crippen LogP contribution in [0.2, 0.25) is 0 Å². The fourth-order valence-corrected chi connectivity index (χ4v) is 3.03. The third kappa shape index (κ3) is 4.09. The van der Waals surface area contributed by atoms with Crippen molar-refractivity contribution in [3.05, 3.63) is 58.1 Å². The van der Waals surface area contributed by atoms with Crippen molar-refractivity contribution in [2.75, 3.05) is 10.6 Å². The lowest BCUT2D eigenvalue weighted by molar-refractivity contribution is -0.122. The van der Waals surface area contributed by atoms with Gasteiger partial charge in [0.25, 0.3) is 5.91 Å². The number of aryl methyl sites for hydroxylation is 1. The Morgan fingerprint density at radius 2 is 2.08 bits per heavy atom. The second-order valence-corrected chi connectivity index (χ2v) is 6.66. The Morgan fingerprint density at radius 1 is 1.28 bits per heavy atom. The summed E-state index contributed by atoms with van der Waals surface area (Å²) in [5.41, 5.74) is 3.18. The van der Waals surface area contributed by atoms with E-state index < -0.39 is 6.10 Å². The van der Waals surface area contributed by atoms with Gasteiger partial charge in [0.2, 0.25) is 5.91 Å². The van der Waals surface area contributed by atoms with Crippen LogP contribution in [0.5, 0.6) is 5.75 Å². The molecule has 1 aliphatic heterocycles. The Balaban J connectivity index is 1.70. The first-order valence-corrected chi connectivity index (χ1v) is 8.58. The molecule has 2 N–H and O–H groups in total. The molecule has 0 unspecified atom stereocenters. The minimum absolute atomic E-state index is 0.208. The van der Waals surface area contributed by atoms with E-state index in [4.69, 9.17) is 4.74 Å². The standard InChI is InChI=1S/C19H17BrN2O3/c1-11-3-4-13(15(20)9-11)5-8-18(23)21-14-6-7-17-16(10-14)22-19(24)12(2)25-17/h3-10,12H,1-2H3,(H,21,23)(H,22,24)/b8-5+/t12-/m0/s1. The Hall–Kier alpha value is -2.60. The monoisotopic (exact) mass is 400 g/mol. The number of ether oxygens (including phenoxy) is 1. The molecule has 0 aliphatic carbocycles. The molecule has 2 amide bonds. The van der Waals surface area contributed by atoms with E-state index in [9.17, 15) is 9.59 Å². The fraction of sp³-hybridized carbons (Fsp3) is 0.158. The molecule has 6 heteroatoms. The van der Waals surface area contributed by atoms with Gasteiger partial charge in [-0.05, 0) is 55.3 Å². The maximum atomic E-state index is 12.1. The zero-order chi connectivity index (χ0) is 18.0. The first-order chi connectivity index (χ1) is 11.9. The van der Waals surface area contributed by atoms with Crippen molar-refractivity contribution in [2.24, 2.45) is 0 Å². The zero-order valence-electron chi connectivity index (χ0n) is 13.8. The Bertz CT molecular complexity index is 877. The molecule has 2 aromatic rings. The lowest BCUT2D eigenvalue weighted by Gasteiger charge is -2.23. The van der Waals surface area contributed by atoms with E-state index in [1.807, 2.05) is 25.1 Å². The molecule has 1 atom stereocenters. The highest BCUT2D eigenvalue weighted by atomic mass is 79.9. The fourth-order valence-electron chi connectivity index (χ4n) is 2.40. The number of halogens is 1. The third-order valence-electron chi connectivity index (χ3n) is 3.75. The normalized spacial score (nSPS) is 16.1. The highest BCUT2D eigenvalue weighted by Gasteiger charge is 2.23. The molecule has 128 valence electrons. The van der Waals surface area contributed by atoms with Crippen molar-refractivity contribution in [1.82, 2.24) is 0 Å². The molecule has 2 aromatic carbocycles. The number of carbonyl (C=O) groups excluding carboxylic acids is 2. The Morgan fingerprint density at radius 3 is 2.84 bits per heavy atom. The summed E-state index contributed by atoms with van der Waals surface area (Å²) in [5.74, 6) is 0.119. The maximum absolute atomic E-state index is 12.1. The number of nitrogens with one attached hydrogen (secondary N) is 2. The van der Waals surface area contributed by atoms with Crippen molar-refractivity contribution >= 4 is 45.2 Å². The van der Waals surface area contributed by atoms with Gasteiger partial charge in [-0.3, -0.25) is 9.59 Å². The number of rotatable bonds is 3. The first kappa shape index (κ1) is 17.2. The van der Waals surface area contributed by atoms with Gasteiger partial charge in [-0.25, -0.2) is 0 Å². The molecular formula is C19H17BrN2O3. The zero-order valence-corrected chi connectivity index (χ0v) is 15.4. The Kier molecular flexibility index (Phi) is 4.90. The van der Waals surface area contributed by atoms with Crippen LogP contribution in [0.3, 0.4) is 0 Å². The van der Waals surface area contributed by atoms with Gasteiger partial charge in [0.05, 0.1) is 5.69 Å². The average Bonchev–Trinajstić information content (AvgIpc) is 2.55. The van der Waals surface area contributed by atoms with Crippen LogP contribution >= 0.6 is 15.9 Å². The van der Waals surface area contributed by atoms with Crippen LogP contribution in [0.1, 0.15) is 18.1 Å². The molecule has 1 aliphatic rings. The topological polar surface area (TPSA) is 67.4 Å². The maximum Gasteiger partial charge on any atom is 0.265 e. The number of benzene rings is 2. The van der Waals surface area contributed by atoms with Gasteiger partial charge < -0.3 is 15.4 Å². The quantitative estimate of drug-likeness (QED) is 0.761. The number of fused-ring (bicyclic) bond motifs is 1. The van der Waals surface area contributed by atoms with Gasteiger partial charge >= 0.3 is 0 Å². The molecular weight excluding hydrogens is 384 g/mol.